The van der Waals surface area contributed by atoms with Gasteiger partial charge in [-0.1, -0.05) is 34.1 Å². The van der Waals surface area contributed by atoms with Gasteiger partial charge in [0.25, 0.3) is 0 Å². The highest BCUT2D eigenvalue weighted by molar-refractivity contribution is 7.39. The fourth-order valence-electron chi connectivity index (χ4n) is 1.15. The zero-order chi connectivity index (χ0) is 9.07. The van der Waals surface area contributed by atoms with Crippen LogP contribution in [0.25, 0.3) is 0 Å². The molecule has 11 heavy (non-hydrogen) atoms. The van der Waals surface area contributed by atoms with Crippen molar-refractivity contribution in [1.29, 1.82) is 0 Å². The van der Waals surface area contributed by atoms with Gasteiger partial charge in [0, 0.05) is 5.41 Å². The Morgan fingerprint density at radius 2 is 1.91 bits per heavy atom. The Morgan fingerprint density at radius 3 is 2.00 bits per heavy atom. The quantitative estimate of drug-likeness (QED) is 0.673. The van der Waals surface area contributed by atoms with Gasteiger partial charge in [0.1, 0.15) is 0 Å². The van der Waals surface area contributed by atoms with Gasteiger partial charge < -0.3 is 0 Å². The number of hydrogen-bond donors (Lipinski definition) is 1. The summed E-state index contributed by atoms with van der Waals surface area (Å²) >= 11 is 0. The molecule has 0 rings (SSSR count). The third kappa shape index (κ3) is 3.83. The van der Waals surface area contributed by atoms with E-state index in [-0.39, 0.29) is 11.1 Å². The van der Waals surface area contributed by atoms with Crippen LogP contribution in [0.3, 0.4) is 0 Å². The van der Waals surface area contributed by atoms with Gasteiger partial charge in [-0.05, 0) is 11.0 Å². The van der Waals surface area contributed by atoms with Crippen LogP contribution < -0.4 is 0 Å². The minimum Gasteiger partial charge on any atom is -0.161 e. The van der Waals surface area contributed by atoms with Crippen LogP contribution >= 0.6 is 8.03 Å². The van der Waals surface area contributed by atoms with Crippen LogP contribution in [-0.2, 0) is 4.57 Å². The zero-order valence-electron chi connectivity index (χ0n) is 7.79. The molecule has 0 saturated heterocycles. The molecule has 0 aliphatic carbocycles. The molecular formula is C8H18O2P+. The van der Waals surface area contributed by atoms with Crippen LogP contribution in [0.2, 0.25) is 0 Å². The molecule has 1 N–H and O–H groups in total. The topological polar surface area (TPSA) is 37.3 Å². The van der Waals surface area contributed by atoms with Crippen molar-refractivity contribution in [3.05, 3.63) is 0 Å². The molecule has 0 aliphatic rings. The van der Waals surface area contributed by atoms with Gasteiger partial charge in [0.05, 0.1) is 0 Å². The van der Waals surface area contributed by atoms with Crippen LogP contribution in [0.15, 0.2) is 0 Å². The molecule has 0 radical (unpaired) electrons. The Bertz CT molecular complexity index is 138. The molecule has 0 aromatic heterocycles. The summed E-state index contributed by atoms with van der Waals surface area (Å²) in [6.07, 6.45) is 1.82. The Hall–Kier alpha value is 0.0600. The first-order valence-electron chi connectivity index (χ1n) is 4.04. The van der Waals surface area contributed by atoms with Crippen molar-refractivity contribution in [3.8, 4) is 0 Å². The molecule has 66 valence electrons. The maximum atomic E-state index is 10.9. The number of rotatable bonds is 3. The molecular weight excluding hydrogens is 159 g/mol. The van der Waals surface area contributed by atoms with Crippen LogP contribution in [0, 0.1) is 5.41 Å². The first-order valence-corrected chi connectivity index (χ1v) is 5.33. The van der Waals surface area contributed by atoms with E-state index in [0.717, 1.165) is 12.8 Å². The minimum absolute atomic E-state index is 0.0434. The minimum atomic E-state index is -2.01. The second-order valence-corrected chi connectivity index (χ2v) is 5.20. The normalized spacial score (nSPS) is 16.3. The molecule has 0 saturated carbocycles. The standard InChI is InChI=1S/C8H17O2P/c1-5-6-7(11(9)10)8(2,3)4/h7H,5-6H2,1-4H3/p+1. The lowest BCUT2D eigenvalue weighted by atomic mass is 9.89. The summed E-state index contributed by atoms with van der Waals surface area (Å²) in [5.74, 6) is 0. The van der Waals surface area contributed by atoms with Gasteiger partial charge in [-0.2, -0.15) is 4.89 Å². The van der Waals surface area contributed by atoms with Gasteiger partial charge in [0.15, 0.2) is 5.66 Å². The Kier molecular flexibility index (Phi) is 4.20. The lowest BCUT2D eigenvalue weighted by Gasteiger charge is -2.19. The van der Waals surface area contributed by atoms with E-state index in [1.54, 1.807) is 0 Å². The van der Waals surface area contributed by atoms with Crippen molar-refractivity contribution in [1.82, 2.24) is 0 Å². The van der Waals surface area contributed by atoms with Crippen molar-refractivity contribution in [2.75, 3.05) is 0 Å². The number of hydrogen-bond acceptors (Lipinski definition) is 1. The molecule has 2 nitrogen and oxygen atoms in total. The second kappa shape index (κ2) is 4.18. The Labute approximate surface area is 69.9 Å². The highest BCUT2D eigenvalue weighted by Crippen LogP contribution is 2.39. The van der Waals surface area contributed by atoms with E-state index in [4.69, 9.17) is 4.89 Å². The molecule has 2 unspecified atom stereocenters. The fourth-order valence-corrected chi connectivity index (χ4v) is 2.29. The molecule has 2 atom stereocenters. The van der Waals surface area contributed by atoms with Gasteiger partial charge in [-0.3, -0.25) is 0 Å². The first-order chi connectivity index (χ1) is 4.89. The van der Waals surface area contributed by atoms with Crippen molar-refractivity contribution in [2.24, 2.45) is 5.41 Å². The van der Waals surface area contributed by atoms with Crippen LogP contribution in [0.4, 0.5) is 0 Å². The van der Waals surface area contributed by atoms with Gasteiger partial charge >= 0.3 is 8.03 Å². The highest BCUT2D eigenvalue weighted by atomic mass is 31.1. The molecule has 0 aromatic rings. The lowest BCUT2D eigenvalue weighted by molar-refractivity contribution is 0.344. The molecule has 0 aromatic carbocycles. The first kappa shape index (κ1) is 11.1. The molecule has 0 spiro atoms. The largest absolute Gasteiger partial charge is 0.509 e. The summed E-state index contributed by atoms with van der Waals surface area (Å²) in [5.41, 5.74) is -0.0967. The van der Waals surface area contributed by atoms with E-state index < -0.39 is 8.03 Å². The maximum Gasteiger partial charge on any atom is 0.509 e. The maximum absolute atomic E-state index is 10.9. The summed E-state index contributed by atoms with van der Waals surface area (Å²) in [7, 11) is -2.01. The van der Waals surface area contributed by atoms with Crippen LogP contribution in [0.5, 0.6) is 0 Å². The predicted molar refractivity (Wildman–Crippen MR) is 48.0 cm³/mol. The average molecular weight is 177 g/mol. The Morgan fingerprint density at radius 1 is 1.45 bits per heavy atom. The van der Waals surface area contributed by atoms with E-state index in [9.17, 15) is 4.57 Å². The van der Waals surface area contributed by atoms with Gasteiger partial charge in [-0.25, -0.2) is 0 Å². The molecule has 0 aliphatic heterocycles. The average Bonchev–Trinajstić information content (AvgIpc) is 1.79. The van der Waals surface area contributed by atoms with Crippen LogP contribution in [-0.4, -0.2) is 10.6 Å². The summed E-state index contributed by atoms with van der Waals surface area (Å²) in [5, 5.41) is 0. The van der Waals surface area contributed by atoms with E-state index in [1.165, 1.54) is 0 Å². The smallest absolute Gasteiger partial charge is 0.161 e. The summed E-state index contributed by atoms with van der Waals surface area (Å²) < 4.78 is 10.9. The highest BCUT2D eigenvalue weighted by Gasteiger charge is 2.39. The van der Waals surface area contributed by atoms with Crippen molar-refractivity contribution < 1.29 is 9.46 Å². The van der Waals surface area contributed by atoms with Crippen molar-refractivity contribution in [3.63, 3.8) is 0 Å². The van der Waals surface area contributed by atoms with E-state index >= 15 is 0 Å². The molecule has 0 bridgehead atoms. The monoisotopic (exact) mass is 177 g/mol. The van der Waals surface area contributed by atoms with E-state index in [2.05, 4.69) is 0 Å². The predicted octanol–water partition coefficient (Wildman–Crippen LogP) is 2.94. The van der Waals surface area contributed by atoms with Crippen molar-refractivity contribution in [2.45, 2.75) is 46.2 Å². The second-order valence-electron chi connectivity index (χ2n) is 3.97. The molecule has 0 fully saturated rings. The zero-order valence-corrected chi connectivity index (χ0v) is 8.69. The SMILES string of the molecule is CCCC([P+](=O)O)C(C)(C)C. The van der Waals surface area contributed by atoms with E-state index in [1.807, 2.05) is 27.7 Å². The molecule has 0 amide bonds. The Balaban J connectivity index is 4.22. The lowest BCUT2D eigenvalue weighted by Crippen LogP contribution is -2.22. The van der Waals surface area contributed by atoms with Crippen LogP contribution in [0.1, 0.15) is 40.5 Å². The summed E-state index contributed by atoms with van der Waals surface area (Å²) in [6, 6.07) is 0. The van der Waals surface area contributed by atoms with Gasteiger partial charge in [-0.15, -0.1) is 0 Å². The third-order valence-electron chi connectivity index (χ3n) is 1.83. The van der Waals surface area contributed by atoms with Crippen molar-refractivity contribution >= 4 is 8.03 Å². The molecule has 3 heteroatoms. The molecule has 0 heterocycles. The third-order valence-corrected chi connectivity index (χ3v) is 3.39. The van der Waals surface area contributed by atoms with E-state index in [0.29, 0.717) is 0 Å². The summed E-state index contributed by atoms with van der Waals surface area (Å²) in [6.45, 7) is 8.07. The summed E-state index contributed by atoms with van der Waals surface area (Å²) in [4.78, 5) is 8.99. The van der Waals surface area contributed by atoms with Gasteiger partial charge in [0.2, 0.25) is 0 Å². The fraction of sp³-hybridized carbons (Fsp3) is 1.00.